The van der Waals surface area contributed by atoms with E-state index in [1.807, 2.05) is 45.9 Å². The summed E-state index contributed by atoms with van der Waals surface area (Å²) in [5.41, 5.74) is 5.69. The van der Waals surface area contributed by atoms with Gasteiger partial charge < -0.3 is 39.9 Å². The standard InChI is InChI=1S/C38H48N8O6/c1-21(2)31(43-37(49)51-5)35(47)45-17-15-26(20-45)33-40-27-14-13-25(18-28(27)41-33)23-9-11-24(12-10-23)29-19-39-34(42-29)30-8-7-16-46(30)36(48)32(22(3)4)44-38(50)52-6/h9-14,18-19,21-22,26,30-32H,7-8,15-17,20H2,1-6H3,(H,39,42)(H,40,41)(H,43,49)(H,44,50)/t26?,30-,31-,32-/m0/s1. The van der Waals surface area contributed by atoms with E-state index in [1.165, 1.54) is 14.2 Å². The number of likely N-dealkylation sites (tertiary alicyclic amines) is 2. The molecule has 4 amide bonds. The molecule has 1 unspecified atom stereocenters. The Hall–Kier alpha value is -5.40. The first kappa shape index (κ1) is 36.4. The van der Waals surface area contributed by atoms with Gasteiger partial charge >= 0.3 is 12.2 Å². The Labute approximate surface area is 303 Å². The van der Waals surface area contributed by atoms with Gasteiger partial charge in [0.25, 0.3) is 0 Å². The monoisotopic (exact) mass is 712 g/mol. The number of rotatable bonds is 10. The molecule has 2 fully saturated rings. The molecule has 0 bridgehead atoms. The lowest BCUT2D eigenvalue weighted by atomic mass is 10.0. The van der Waals surface area contributed by atoms with Crippen LogP contribution in [0.15, 0.2) is 48.7 Å². The molecule has 2 aliphatic heterocycles. The first-order valence-electron chi connectivity index (χ1n) is 17.9. The minimum atomic E-state index is -0.688. The lowest BCUT2D eigenvalue weighted by Gasteiger charge is -2.30. The molecule has 4 N–H and O–H groups in total. The van der Waals surface area contributed by atoms with Crippen LogP contribution in [0.25, 0.3) is 33.4 Å². The molecule has 0 radical (unpaired) electrons. The van der Waals surface area contributed by atoms with Crippen molar-refractivity contribution in [2.45, 2.75) is 71.0 Å². The van der Waals surface area contributed by atoms with E-state index in [9.17, 15) is 19.2 Å². The number of amides is 4. The average Bonchev–Trinajstić information content (AvgIpc) is 3.97. The van der Waals surface area contributed by atoms with Crippen molar-refractivity contribution in [3.63, 3.8) is 0 Å². The Balaban J connectivity index is 1.12. The van der Waals surface area contributed by atoms with E-state index in [4.69, 9.17) is 14.5 Å². The van der Waals surface area contributed by atoms with Gasteiger partial charge in [-0.25, -0.2) is 19.6 Å². The van der Waals surface area contributed by atoms with Crippen LogP contribution in [0.4, 0.5) is 9.59 Å². The fraction of sp³-hybridized carbons (Fsp3) is 0.474. The largest absolute Gasteiger partial charge is 0.453 e. The maximum absolute atomic E-state index is 13.5. The van der Waals surface area contributed by atoms with Crippen molar-refractivity contribution in [1.29, 1.82) is 0 Å². The molecule has 6 rings (SSSR count). The summed E-state index contributed by atoms with van der Waals surface area (Å²) in [6, 6.07) is 12.8. The zero-order chi connectivity index (χ0) is 37.1. The molecule has 2 aromatic heterocycles. The highest BCUT2D eigenvalue weighted by molar-refractivity contribution is 5.87. The van der Waals surface area contributed by atoms with Crippen molar-refractivity contribution in [3.8, 4) is 22.4 Å². The van der Waals surface area contributed by atoms with Crippen molar-refractivity contribution >= 4 is 35.0 Å². The van der Waals surface area contributed by atoms with Crippen LogP contribution in [0.1, 0.15) is 70.6 Å². The SMILES string of the molecule is COC(=O)N[C@H](C(=O)N1CCC(c2nc3ccc(-c4ccc(-c5cnc([C@@H]6CCCN6C(=O)[C@@H](NC(=O)OC)C(C)C)[nH]5)cc4)cc3[nH]2)C1)C(C)C. The molecule has 4 aromatic rings. The van der Waals surface area contributed by atoms with Crippen molar-refractivity contribution in [1.82, 2.24) is 40.4 Å². The number of nitrogens with zero attached hydrogens (tertiary/aromatic N) is 4. The van der Waals surface area contributed by atoms with Gasteiger partial charge in [0, 0.05) is 25.6 Å². The molecule has 4 atom stereocenters. The number of H-pyrrole nitrogens is 2. The number of benzene rings is 2. The highest BCUT2D eigenvalue weighted by Gasteiger charge is 2.38. The van der Waals surface area contributed by atoms with Crippen LogP contribution in [0.2, 0.25) is 0 Å². The first-order chi connectivity index (χ1) is 25.0. The van der Waals surface area contributed by atoms with Crippen LogP contribution in [-0.4, -0.2) is 99.7 Å². The Morgan fingerprint density at radius 1 is 0.788 bits per heavy atom. The minimum absolute atomic E-state index is 0.0620. The summed E-state index contributed by atoms with van der Waals surface area (Å²) in [6.07, 6.45) is 2.96. The molecular formula is C38H48N8O6. The van der Waals surface area contributed by atoms with Crippen LogP contribution >= 0.6 is 0 Å². The molecule has 0 aliphatic carbocycles. The fourth-order valence-electron chi connectivity index (χ4n) is 7.17. The van der Waals surface area contributed by atoms with Gasteiger partial charge in [-0.05, 0) is 59.9 Å². The summed E-state index contributed by atoms with van der Waals surface area (Å²) >= 11 is 0. The smallest absolute Gasteiger partial charge is 0.407 e. The Morgan fingerprint density at radius 2 is 1.42 bits per heavy atom. The number of hydrogen-bond acceptors (Lipinski definition) is 8. The summed E-state index contributed by atoms with van der Waals surface area (Å²) in [7, 11) is 2.58. The highest BCUT2D eigenvalue weighted by Crippen LogP contribution is 2.34. The van der Waals surface area contributed by atoms with E-state index in [0.717, 1.165) is 64.3 Å². The van der Waals surface area contributed by atoms with Crippen LogP contribution in [0.3, 0.4) is 0 Å². The molecule has 276 valence electrons. The van der Waals surface area contributed by atoms with Crippen LogP contribution < -0.4 is 10.6 Å². The lowest BCUT2D eigenvalue weighted by Crippen LogP contribution is -2.51. The summed E-state index contributed by atoms with van der Waals surface area (Å²) in [5, 5.41) is 5.37. The predicted molar refractivity (Wildman–Crippen MR) is 195 cm³/mol. The molecule has 14 heteroatoms. The van der Waals surface area contributed by atoms with Gasteiger partial charge in [0.2, 0.25) is 11.8 Å². The molecule has 14 nitrogen and oxygen atoms in total. The molecule has 0 spiro atoms. The van der Waals surface area contributed by atoms with E-state index in [1.54, 1.807) is 16.0 Å². The predicted octanol–water partition coefficient (Wildman–Crippen LogP) is 5.36. The number of aromatic amines is 2. The molecule has 4 heterocycles. The van der Waals surface area contributed by atoms with E-state index in [0.29, 0.717) is 19.6 Å². The maximum atomic E-state index is 13.5. The van der Waals surface area contributed by atoms with Gasteiger partial charge in [-0.3, -0.25) is 9.59 Å². The number of alkyl carbamates (subject to hydrolysis) is 2. The molecule has 52 heavy (non-hydrogen) atoms. The van der Waals surface area contributed by atoms with Gasteiger partial charge in [-0.15, -0.1) is 0 Å². The topological polar surface area (TPSA) is 175 Å². The number of nitrogens with one attached hydrogen (secondary N) is 4. The number of carbonyl (C=O) groups is 4. The average molecular weight is 713 g/mol. The quantitative estimate of drug-likeness (QED) is 0.170. The summed E-state index contributed by atoms with van der Waals surface area (Å²) < 4.78 is 9.47. The zero-order valence-corrected chi connectivity index (χ0v) is 30.6. The molecular weight excluding hydrogens is 664 g/mol. The normalized spacial score (nSPS) is 18.5. The summed E-state index contributed by atoms with van der Waals surface area (Å²) in [4.78, 5) is 70.6. The first-order valence-corrected chi connectivity index (χ1v) is 17.9. The maximum Gasteiger partial charge on any atom is 0.407 e. The number of hydrogen-bond donors (Lipinski definition) is 4. The van der Waals surface area contributed by atoms with Gasteiger partial charge in [0.05, 0.1) is 43.2 Å². The lowest BCUT2D eigenvalue weighted by molar-refractivity contribution is -0.135. The number of imidazole rings is 2. The van der Waals surface area contributed by atoms with E-state index < -0.39 is 24.3 Å². The highest BCUT2D eigenvalue weighted by atomic mass is 16.5. The van der Waals surface area contributed by atoms with Crippen molar-refractivity contribution in [3.05, 3.63) is 60.3 Å². The second-order valence-electron chi connectivity index (χ2n) is 14.3. The fourth-order valence-corrected chi connectivity index (χ4v) is 7.17. The van der Waals surface area contributed by atoms with Crippen LogP contribution in [-0.2, 0) is 19.1 Å². The Bertz CT molecular complexity index is 1920. The molecule has 2 aromatic carbocycles. The summed E-state index contributed by atoms with van der Waals surface area (Å²) in [6.45, 7) is 9.30. The van der Waals surface area contributed by atoms with Crippen molar-refractivity contribution < 1.29 is 28.7 Å². The second kappa shape index (κ2) is 15.5. The summed E-state index contributed by atoms with van der Waals surface area (Å²) in [5.74, 6) is 1.19. The van der Waals surface area contributed by atoms with Crippen LogP contribution in [0.5, 0.6) is 0 Å². The molecule has 2 saturated heterocycles. The minimum Gasteiger partial charge on any atom is -0.453 e. The number of carbonyl (C=O) groups excluding carboxylic acids is 4. The van der Waals surface area contributed by atoms with E-state index in [2.05, 4.69) is 49.9 Å². The number of ether oxygens (including phenoxy) is 2. The van der Waals surface area contributed by atoms with E-state index in [-0.39, 0.29) is 35.6 Å². The van der Waals surface area contributed by atoms with Crippen molar-refractivity contribution in [2.24, 2.45) is 11.8 Å². The van der Waals surface area contributed by atoms with Gasteiger partial charge in [-0.2, -0.15) is 0 Å². The van der Waals surface area contributed by atoms with Gasteiger partial charge in [0.1, 0.15) is 23.7 Å². The third-order valence-electron chi connectivity index (χ3n) is 10.1. The van der Waals surface area contributed by atoms with Crippen molar-refractivity contribution in [2.75, 3.05) is 33.9 Å². The van der Waals surface area contributed by atoms with Crippen LogP contribution in [0, 0.1) is 11.8 Å². The number of methoxy groups -OCH3 is 2. The zero-order valence-electron chi connectivity index (χ0n) is 30.6. The molecule has 2 aliphatic rings. The third-order valence-corrected chi connectivity index (χ3v) is 10.1. The Morgan fingerprint density at radius 3 is 2.08 bits per heavy atom. The number of fused-ring (bicyclic) bond motifs is 1. The van der Waals surface area contributed by atoms with Gasteiger partial charge in [-0.1, -0.05) is 58.0 Å². The van der Waals surface area contributed by atoms with Gasteiger partial charge in [0.15, 0.2) is 0 Å². The second-order valence-corrected chi connectivity index (χ2v) is 14.3. The molecule has 0 saturated carbocycles. The number of aromatic nitrogens is 4. The van der Waals surface area contributed by atoms with E-state index >= 15 is 0 Å². The Kier molecular flexibility index (Phi) is 10.8. The third kappa shape index (κ3) is 7.60.